The van der Waals surface area contributed by atoms with E-state index in [0.717, 1.165) is 11.3 Å². The Bertz CT molecular complexity index is 1240. The number of halogens is 2. The molecular weight excluding hydrogens is 442 g/mol. The highest BCUT2D eigenvalue weighted by molar-refractivity contribution is 7.20. The number of amides is 1. The van der Waals surface area contributed by atoms with Gasteiger partial charge in [0.25, 0.3) is 11.5 Å². The fourth-order valence-corrected chi connectivity index (χ4v) is 4.93. The molecule has 0 saturated heterocycles. The molecule has 11 heteroatoms. The maximum Gasteiger partial charge on any atom is 0.428 e. The van der Waals surface area contributed by atoms with Gasteiger partial charge in [-0.25, -0.2) is 23.8 Å². The van der Waals surface area contributed by atoms with Crippen LogP contribution >= 0.6 is 11.3 Å². The van der Waals surface area contributed by atoms with Gasteiger partial charge in [-0.1, -0.05) is 6.92 Å². The monoisotopic (exact) mass is 468 g/mol. The SMILES string of the molecule is Cc1c(C=NNC(=O)OC(C)(C)C)sc2c1c(=O)n([C@H]1C[C@@H]1C)c(=O)n2CC1CC1(F)F. The number of carbonyl (C=O) groups is 1. The molecule has 2 aromatic heterocycles. The van der Waals surface area contributed by atoms with Crippen molar-refractivity contribution in [3.63, 3.8) is 0 Å². The van der Waals surface area contributed by atoms with Gasteiger partial charge in [-0.05, 0) is 45.6 Å². The Morgan fingerprint density at radius 1 is 1.38 bits per heavy atom. The van der Waals surface area contributed by atoms with Crippen molar-refractivity contribution < 1.29 is 18.3 Å². The third-order valence-corrected chi connectivity index (χ3v) is 7.02. The summed E-state index contributed by atoms with van der Waals surface area (Å²) in [7, 11) is 0. The van der Waals surface area contributed by atoms with E-state index in [1.807, 2.05) is 6.92 Å². The highest BCUT2D eigenvalue weighted by atomic mass is 32.1. The van der Waals surface area contributed by atoms with Crippen molar-refractivity contribution in [1.82, 2.24) is 14.6 Å². The molecule has 0 aromatic carbocycles. The minimum absolute atomic E-state index is 0.142. The molecule has 174 valence electrons. The number of ether oxygens (including phenoxy) is 1. The van der Waals surface area contributed by atoms with E-state index in [1.54, 1.807) is 27.7 Å². The van der Waals surface area contributed by atoms with Crippen molar-refractivity contribution in [3.05, 3.63) is 31.3 Å². The normalized spacial score (nSPS) is 24.2. The average Bonchev–Trinajstić information content (AvgIpc) is 3.47. The summed E-state index contributed by atoms with van der Waals surface area (Å²) in [4.78, 5) is 39.0. The molecule has 0 spiro atoms. The number of hydrogen-bond donors (Lipinski definition) is 1. The molecule has 8 nitrogen and oxygen atoms in total. The first kappa shape index (κ1) is 22.6. The topological polar surface area (TPSA) is 94.7 Å². The fourth-order valence-electron chi connectivity index (χ4n) is 3.75. The van der Waals surface area contributed by atoms with E-state index in [4.69, 9.17) is 4.74 Å². The average molecular weight is 469 g/mol. The smallest absolute Gasteiger partial charge is 0.428 e. The third kappa shape index (κ3) is 4.22. The van der Waals surface area contributed by atoms with Crippen LogP contribution in [0, 0.1) is 18.8 Å². The first-order valence-electron chi connectivity index (χ1n) is 10.5. The molecule has 2 aromatic rings. The number of rotatable bonds is 5. The van der Waals surface area contributed by atoms with Crippen LogP contribution in [0.4, 0.5) is 13.6 Å². The molecule has 1 N–H and O–H groups in total. The van der Waals surface area contributed by atoms with E-state index in [0.29, 0.717) is 27.1 Å². The first-order valence-corrected chi connectivity index (χ1v) is 11.3. The molecule has 4 rings (SSSR count). The molecule has 2 aliphatic rings. The molecule has 1 amide bonds. The van der Waals surface area contributed by atoms with E-state index in [-0.39, 0.29) is 24.9 Å². The van der Waals surface area contributed by atoms with Crippen molar-refractivity contribution in [3.8, 4) is 0 Å². The highest BCUT2D eigenvalue weighted by Crippen LogP contribution is 2.49. The van der Waals surface area contributed by atoms with Crippen LogP contribution in [0.5, 0.6) is 0 Å². The number of carbonyl (C=O) groups excluding carboxylic acids is 1. The number of aryl methyl sites for hydroxylation is 1. The molecule has 2 heterocycles. The zero-order valence-electron chi connectivity index (χ0n) is 18.6. The van der Waals surface area contributed by atoms with Gasteiger partial charge in [0.15, 0.2) is 0 Å². The van der Waals surface area contributed by atoms with Crippen LogP contribution < -0.4 is 16.7 Å². The Hall–Kier alpha value is -2.56. The second-order valence-electron chi connectivity index (χ2n) is 9.65. The number of hydrazone groups is 1. The number of thiophene rings is 1. The van der Waals surface area contributed by atoms with Crippen molar-refractivity contribution in [2.45, 2.75) is 71.6 Å². The summed E-state index contributed by atoms with van der Waals surface area (Å²) in [5.74, 6) is -3.51. The molecule has 1 unspecified atom stereocenters. The Labute approximate surface area is 186 Å². The van der Waals surface area contributed by atoms with E-state index in [2.05, 4.69) is 10.5 Å². The minimum Gasteiger partial charge on any atom is -0.443 e. The van der Waals surface area contributed by atoms with Crippen LogP contribution in [0.3, 0.4) is 0 Å². The van der Waals surface area contributed by atoms with Crippen LogP contribution in [-0.4, -0.2) is 33.0 Å². The third-order valence-electron chi connectivity index (χ3n) is 5.77. The Morgan fingerprint density at radius 2 is 2.00 bits per heavy atom. The zero-order chi connectivity index (χ0) is 23.6. The Kier molecular flexibility index (Phi) is 5.30. The van der Waals surface area contributed by atoms with Crippen molar-refractivity contribution in [1.29, 1.82) is 0 Å². The summed E-state index contributed by atoms with van der Waals surface area (Å²) in [6, 6.07) is -0.212. The van der Waals surface area contributed by atoms with E-state index >= 15 is 0 Å². The molecular formula is C21H26F2N4O4S. The van der Waals surface area contributed by atoms with Crippen LogP contribution in [0.2, 0.25) is 0 Å². The first-order chi connectivity index (χ1) is 14.8. The van der Waals surface area contributed by atoms with E-state index < -0.39 is 34.8 Å². The van der Waals surface area contributed by atoms with Gasteiger partial charge in [0.2, 0.25) is 0 Å². The molecule has 0 aliphatic heterocycles. The van der Waals surface area contributed by atoms with Crippen LogP contribution in [0.15, 0.2) is 14.7 Å². The number of nitrogens with one attached hydrogen (secondary N) is 1. The lowest BCUT2D eigenvalue weighted by Crippen LogP contribution is -2.40. The highest BCUT2D eigenvalue weighted by Gasteiger charge is 2.57. The minimum atomic E-state index is -2.78. The predicted octanol–water partition coefficient (Wildman–Crippen LogP) is 3.63. The summed E-state index contributed by atoms with van der Waals surface area (Å²) in [5.41, 5.74) is 1.21. The maximum atomic E-state index is 13.6. The molecule has 2 aliphatic carbocycles. The quantitative estimate of drug-likeness (QED) is 0.536. The number of aromatic nitrogens is 2. The predicted molar refractivity (Wildman–Crippen MR) is 118 cm³/mol. The second kappa shape index (κ2) is 7.50. The van der Waals surface area contributed by atoms with Gasteiger partial charge >= 0.3 is 11.8 Å². The Morgan fingerprint density at radius 3 is 2.53 bits per heavy atom. The lowest BCUT2D eigenvalue weighted by molar-refractivity contribution is 0.0529. The fraction of sp³-hybridized carbons (Fsp3) is 0.619. The van der Waals surface area contributed by atoms with Gasteiger partial charge in [-0.2, -0.15) is 5.10 Å². The van der Waals surface area contributed by atoms with E-state index in [9.17, 15) is 23.2 Å². The number of hydrogen-bond acceptors (Lipinski definition) is 6. The largest absolute Gasteiger partial charge is 0.443 e. The molecule has 2 fully saturated rings. The van der Waals surface area contributed by atoms with Gasteiger partial charge in [-0.3, -0.25) is 13.9 Å². The number of fused-ring (bicyclic) bond motifs is 1. The van der Waals surface area contributed by atoms with Crippen LogP contribution in [-0.2, 0) is 11.3 Å². The van der Waals surface area contributed by atoms with Crippen molar-refractivity contribution in [2.75, 3.05) is 0 Å². The second-order valence-corrected chi connectivity index (χ2v) is 10.7. The molecule has 3 atom stereocenters. The van der Waals surface area contributed by atoms with Crippen molar-refractivity contribution in [2.24, 2.45) is 16.9 Å². The number of nitrogens with zero attached hydrogens (tertiary/aromatic N) is 3. The summed E-state index contributed by atoms with van der Waals surface area (Å²) in [6.07, 6.45) is 1.08. The van der Waals surface area contributed by atoms with Gasteiger partial charge in [0.1, 0.15) is 10.4 Å². The lowest BCUT2D eigenvalue weighted by atomic mass is 10.2. The summed E-state index contributed by atoms with van der Waals surface area (Å²) in [5, 5.41) is 4.22. The van der Waals surface area contributed by atoms with Crippen molar-refractivity contribution >= 4 is 33.9 Å². The zero-order valence-corrected chi connectivity index (χ0v) is 19.4. The van der Waals surface area contributed by atoms with Crippen LogP contribution in [0.25, 0.3) is 10.2 Å². The standard InChI is InChI=1S/C21H26F2N4O4S/c1-10-6-13(10)27-16(28)15-11(2)14(8-24-25-18(29)31-20(3,4)5)32-17(15)26(19(27)30)9-12-7-21(12,22)23/h8,10,12-13H,6-7,9H2,1-5H3,(H,25,29)/t10-,12?,13-/m0/s1. The van der Waals surface area contributed by atoms with E-state index in [1.165, 1.54) is 15.3 Å². The molecule has 2 saturated carbocycles. The molecule has 0 radical (unpaired) electrons. The molecule has 32 heavy (non-hydrogen) atoms. The van der Waals surface area contributed by atoms with Gasteiger partial charge in [0.05, 0.1) is 16.5 Å². The number of alkyl halides is 2. The molecule has 0 bridgehead atoms. The van der Waals surface area contributed by atoms with Gasteiger partial charge in [0, 0.05) is 24.9 Å². The summed E-state index contributed by atoms with van der Waals surface area (Å²) < 4.78 is 34.9. The lowest BCUT2D eigenvalue weighted by Gasteiger charge is -2.18. The summed E-state index contributed by atoms with van der Waals surface area (Å²) >= 11 is 1.12. The van der Waals surface area contributed by atoms with Gasteiger partial charge in [-0.15, -0.1) is 11.3 Å². The maximum absolute atomic E-state index is 13.6. The Balaban J connectivity index is 1.74. The summed E-state index contributed by atoms with van der Waals surface area (Å²) in [6.45, 7) is 8.69. The van der Waals surface area contributed by atoms with Crippen LogP contribution in [0.1, 0.15) is 57.0 Å². The van der Waals surface area contributed by atoms with Gasteiger partial charge < -0.3 is 4.74 Å².